The molecule has 2 heterocycles. The molecule has 0 aromatic heterocycles. The van der Waals surface area contributed by atoms with Crippen molar-refractivity contribution in [3.63, 3.8) is 0 Å². The van der Waals surface area contributed by atoms with E-state index in [0.717, 1.165) is 25.3 Å². The Hall–Kier alpha value is -2.66. The molecule has 1 saturated heterocycles. The van der Waals surface area contributed by atoms with Gasteiger partial charge in [-0.25, -0.2) is 4.90 Å². The van der Waals surface area contributed by atoms with Gasteiger partial charge in [-0.1, -0.05) is 24.3 Å². The zero-order valence-corrected chi connectivity index (χ0v) is 14.9. The lowest BCUT2D eigenvalue weighted by atomic mass is 9.98. The fourth-order valence-electron chi connectivity index (χ4n) is 3.81. The van der Waals surface area contributed by atoms with Crippen molar-refractivity contribution in [3.8, 4) is 5.75 Å². The van der Waals surface area contributed by atoms with E-state index >= 15 is 0 Å². The van der Waals surface area contributed by atoms with E-state index in [1.54, 1.807) is 24.3 Å². The maximum atomic E-state index is 13.0. The van der Waals surface area contributed by atoms with Crippen LogP contribution in [0.15, 0.2) is 48.5 Å². The van der Waals surface area contributed by atoms with Gasteiger partial charge >= 0.3 is 0 Å². The molecule has 2 aliphatic heterocycles. The van der Waals surface area contributed by atoms with Gasteiger partial charge in [0.15, 0.2) is 0 Å². The molecule has 0 unspecified atom stereocenters. The SMILES string of the molecule is CCOc1ccc(N2C(=O)C[C@@H](N3CCc4ccccc4C3)C2=O)cc1. The molecule has 0 radical (unpaired) electrons. The zero-order valence-electron chi connectivity index (χ0n) is 14.9. The summed E-state index contributed by atoms with van der Waals surface area (Å²) in [6, 6.07) is 15.1. The standard InChI is InChI=1S/C21H22N2O3/c1-2-26-18-9-7-17(8-10-18)23-20(24)13-19(21(23)25)22-12-11-15-5-3-4-6-16(15)14-22/h3-10,19H,2,11-14H2,1H3/t19-/m1/s1. The highest BCUT2D eigenvalue weighted by Crippen LogP contribution is 2.30. The van der Waals surface area contributed by atoms with Gasteiger partial charge in [0.1, 0.15) is 5.75 Å². The summed E-state index contributed by atoms with van der Waals surface area (Å²) in [4.78, 5) is 29.0. The van der Waals surface area contributed by atoms with Gasteiger partial charge in [-0.2, -0.15) is 0 Å². The number of ether oxygens (including phenoxy) is 1. The molecule has 5 nitrogen and oxygen atoms in total. The maximum absolute atomic E-state index is 13.0. The van der Waals surface area contributed by atoms with Gasteiger partial charge < -0.3 is 4.74 Å². The average molecular weight is 350 g/mol. The summed E-state index contributed by atoms with van der Waals surface area (Å²) in [7, 11) is 0. The minimum absolute atomic E-state index is 0.126. The van der Waals surface area contributed by atoms with E-state index in [4.69, 9.17) is 4.74 Å². The fourth-order valence-corrected chi connectivity index (χ4v) is 3.81. The molecular formula is C21H22N2O3. The van der Waals surface area contributed by atoms with Gasteiger partial charge in [0, 0.05) is 13.1 Å². The number of anilines is 1. The number of benzene rings is 2. The largest absolute Gasteiger partial charge is 0.494 e. The van der Waals surface area contributed by atoms with E-state index in [1.165, 1.54) is 16.0 Å². The van der Waals surface area contributed by atoms with Crippen LogP contribution in [0.5, 0.6) is 5.75 Å². The van der Waals surface area contributed by atoms with Crippen molar-refractivity contribution >= 4 is 17.5 Å². The first kappa shape index (κ1) is 16.8. The summed E-state index contributed by atoms with van der Waals surface area (Å²) in [5.41, 5.74) is 3.20. The van der Waals surface area contributed by atoms with Crippen LogP contribution >= 0.6 is 0 Å². The van der Waals surface area contributed by atoms with Gasteiger partial charge in [0.25, 0.3) is 5.91 Å². The van der Waals surface area contributed by atoms with E-state index < -0.39 is 0 Å². The Kier molecular flexibility index (Phi) is 4.47. The number of rotatable bonds is 4. The highest BCUT2D eigenvalue weighted by molar-refractivity contribution is 6.22. The van der Waals surface area contributed by atoms with Crippen LogP contribution in [0.2, 0.25) is 0 Å². The molecule has 4 rings (SSSR count). The molecule has 0 spiro atoms. The summed E-state index contributed by atoms with van der Waals surface area (Å²) < 4.78 is 5.43. The van der Waals surface area contributed by atoms with E-state index in [0.29, 0.717) is 12.3 Å². The molecule has 2 aromatic carbocycles. The van der Waals surface area contributed by atoms with Crippen LogP contribution in [0, 0.1) is 0 Å². The van der Waals surface area contributed by atoms with Crippen LogP contribution in [-0.4, -0.2) is 35.9 Å². The Morgan fingerprint density at radius 3 is 2.50 bits per heavy atom. The van der Waals surface area contributed by atoms with Crippen LogP contribution in [-0.2, 0) is 22.6 Å². The highest BCUT2D eigenvalue weighted by atomic mass is 16.5. The summed E-state index contributed by atoms with van der Waals surface area (Å²) in [5, 5.41) is 0. The molecule has 1 fully saturated rings. The maximum Gasteiger partial charge on any atom is 0.251 e. The Labute approximate surface area is 153 Å². The van der Waals surface area contributed by atoms with Gasteiger partial charge in [-0.05, 0) is 48.7 Å². The lowest BCUT2D eigenvalue weighted by molar-refractivity contribution is -0.123. The molecule has 0 N–H and O–H groups in total. The van der Waals surface area contributed by atoms with Crippen molar-refractivity contribution in [2.45, 2.75) is 32.4 Å². The van der Waals surface area contributed by atoms with Crippen molar-refractivity contribution in [1.82, 2.24) is 4.90 Å². The van der Waals surface area contributed by atoms with Crippen molar-refractivity contribution in [2.24, 2.45) is 0 Å². The summed E-state index contributed by atoms with van der Waals surface area (Å²) in [6.07, 6.45) is 1.16. The van der Waals surface area contributed by atoms with Gasteiger partial charge in [-0.15, -0.1) is 0 Å². The molecule has 2 amide bonds. The third kappa shape index (κ3) is 2.99. The highest BCUT2D eigenvalue weighted by Gasteiger charge is 2.43. The van der Waals surface area contributed by atoms with Crippen LogP contribution in [0.4, 0.5) is 5.69 Å². The quantitative estimate of drug-likeness (QED) is 0.796. The van der Waals surface area contributed by atoms with Crippen molar-refractivity contribution < 1.29 is 14.3 Å². The van der Waals surface area contributed by atoms with Crippen LogP contribution in [0.1, 0.15) is 24.5 Å². The molecule has 2 aliphatic rings. The normalized spacial score (nSPS) is 20.3. The minimum Gasteiger partial charge on any atom is -0.494 e. The summed E-state index contributed by atoms with van der Waals surface area (Å²) in [5.74, 6) is 0.473. The average Bonchev–Trinajstić information content (AvgIpc) is 2.97. The first-order valence-electron chi connectivity index (χ1n) is 9.08. The Bertz CT molecular complexity index is 831. The molecule has 1 atom stereocenters. The predicted molar refractivity (Wildman–Crippen MR) is 99.1 cm³/mol. The number of nitrogens with zero attached hydrogens (tertiary/aromatic N) is 2. The topological polar surface area (TPSA) is 49.9 Å². The zero-order chi connectivity index (χ0) is 18.1. The molecule has 0 bridgehead atoms. The van der Waals surface area contributed by atoms with Gasteiger partial charge in [-0.3, -0.25) is 14.5 Å². The monoisotopic (exact) mass is 350 g/mol. The number of hydrogen-bond acceptors (Lipinski definition) is 4. The second-order valence-electron chi connectivity index (χ2n) is 6.70. The van der Waals surface area contributed by atoms with E-state index in [-0.39, 0.29) is 24.3 Å². The molecule has 0 aliphatic carbocycles. The van der Waals surface area contributed by atoms with E-state index in [2.05, 4.69) is 17.0 Å². The van der Waals surface area contributed by atoms with Crippen LogP contribution in [0.3, 0.4) is 0 Å². The second-order valence-corrected chi connectivity index (χ2v) is 6.70. The molecule has 26 heavy (non-hydrogen) atoms. The first-order valence-corrected chi connectivity index (χ1v) is 9.08. The smallest absolute Gasteiger partial charge is 0.251 e. The van der Waals surface area contributed by atoms with E-state index in [9.17, 15) is 9.59 Å². The number of carbonyl (C=O) groups excluding carboxylic acids is 2. The molecule has 2 aromatic rings. The molecule has 0 saturated carbocycles. The van der Waals surface area contributed by atoms with Crippen molar-refractivity contribution in [1.29, 1.82) is 0 Å². The van der Waals surface area contributed by atoms with Crippen LogP contribution < -0.4 is 9.64 Å². The Balaban J connectivity index is 1.52. The third-order valence-corrected chi connectivity index (χ3v) is 5.13. The number of amides is 2. The van der Waals surface area contributed by atoms with Crippen molar-refractivity contribution in [3.05, 3.63) is 59.7 Å². The lowest BCUT2D eigenvalue weighted by Crippen LogP contribution is -2.44. The molecule has 5 heteroatoms. The Morgan fingerprint density at radius 2 is 1.77 bits per heavy atom. The van der Waals surface area contributed by atoms with Gasteiger partial charge in [0.05, 0.1) is 24.8 Å². The van der Waals surface area contributed by atoms with Gasteiger partial charge in [0.2, 0.25) is 5.91 Å². The molecular weight excluding hydrogens is 328 g/mol. The number of fused-ring (bicyclic) bond motifs is 1. The van der Waals surface area contributed by atoms with Crippen molar-refractivity contribution in [2.75, 3.05) is 18.1 Å². The summed E-state index contributed by atoms with van der Waals surface area (Å²) in [6.45, 7) is 4.02. The van der Waals surface area contributed by atoms with Crippen LogP contribution in [0.25, 0.3) is 0 Å². The summed E-state index contributed by atoms with van der Waals surface area (Å²) >= 11 is 0. The Morgan fingerprint density at radius 1 is 1.04 bits per heavy atom. The second kappa shape index (κ2) is 6.92. The minimum atomic E-state index is -0.373. The lowest BCUT2D eigenvalue weighted by Gasteiger charge is -2.32. The third-order valence-electron chi connectivity index (χ3n) is 5.13. The predicted octanol–water partition coefficient (Wildman–Crippen LogP) is 2.78. The van der Waals surface area contributed by atoms with E-state index in [1.807, 2.05) is 19.1 Å². The number of hydrogen-bond donors (Lipinski definition) is 0. The fraction of sp³-hybridized carbons (Fsp3) is 0.333. The number of carbonyl (C=O) groups is 2. The first-order chi connectivity index (χ1) is 12.7. The molecule has 134 valence electrons. The number of imide groups is 1.